The molecular weight excluding hydrogens is 429 g/mol. The van der Waals surface area contributed by atoms with Crippen molar-refractivity contribution >= 4 is 16.8 Å². The fourth-order valence-corrected chi connectivity index (χ4v) is 4.58. The summed E-state index contributed by atoms with van der Waals surface area (Å²) in [5.74, 6) is -1.60. The fourth-order valence-electron chi connectivity index (χ4n) is 4.58. The Morgan fingerprint density at radius 3 is 2.52 bits per heavy atom. The minimum Gasteiger partial charge on any atom is -0.357 e. The second kappa shape index (κ2) is 8.44. The summed E-state index contributed by atoms with van der Waals surface area (Å²) >= 11 is 0. The van der Waals surface area contributed by atoms with Crippen LogP contribution in [0.2, 0.25) is 0 Å². The molecule has 33 heavy (non-hydrogen) atoms. The van der Waals surface area contributed by atoms with E-state index in [9.17, 15) is 18.0 Å². The maximum Gasteiger partial charge on any atom is 0.282 e. The second-order valence-corrected chi connectivity index (χ2v) is 8.67. The lowest BCUT2D eigenvalue weighted by Gasteiger charge is -2.36. The topological polar surface area (TPSA) is 72.7 Å². The van der Waals surface area contributed by atoms with Crippen molar-refractivity contribution in [2.75, 3.05) is 0 Å². The Labute approximate surface area is 188 Å². The first-order valence-corrected chi connectivity index (χ1v) is 10.8. The maximum atomic E-state index is 14.5. The highest BCUT2D eigenvalue weighted by Crippen LogP contribution is 2.38. The predicted octanol–water partition coefficient (Wildman–Crippen LogP) is 5.14. The summed E-state index contributed by atoms with van der Waals surface area (Å²) in [6.45, 7) is 1.86. The van der Waals surface area contributed by atoms with Gasteiger partial charge in [-0.05, 0) is 85.2 Å². The zero-order valence-electron chi connectivity index (χ0n) is 17.9. The molecule has 0 unspecified atom stereocenters. The summed E-state index contributed by atoms with van der Waals surface area (Å²) in [4.78, 5) is 18.2. The van der Waals surface area contributed by atoms with Crippen LogP contribution >= 0.6 is 0 Å². The van der Waals surface area contributed by atoms with E-state index in [0.29, 0.717) is 28.8 Å². The molecule has 4 N–H and O–H groups in total. The lowest BCUT2D eigenvalue weighted by molar-refractivity contribution is 0.0892. The number of nitrogens with one attached hydrogen (secondary N) is 4. The van der Waals surface area contributed by atoms with Crippen LogP contribution in [0.4, 0.5) is 13.2 Å². The van der Waals surface area contributed by atoms with Crippen molar-refractivity contribution in [2.24, 2.45) is 5.92 Å². The highest BCUT2D eigenvalue weighted by atomic mass is 19.1. The van der Waals surface area contributed by atoms with Crippen molar-refractivity contribution < 1.29 is 18.0 Å². The minimum atomic E-state index is -0.657. The third kappa shape index (κ3) is 4.14. The summed E-state index contributed by atoms with van der Waals surface area (Å²) in [7, 11) is 0. The third-order valence-electron chi connectivity index (χ3n) is 6.37. The van der Waals surface area contributed by atoms with Crippen molar-refractivity contribution in [3.05, 3.63) is 82.9 Å². The van der Waals surface area contributed by atoms with Gasteiger partial charge in [0.2, 0.25) is 0 Å². The van der Waals surface area contributed by atoms with Gasteiger partial charge in [0.15, 0.2) is 0 Å². The van der Waals surface area contributed by atoms with E-state index in [1.165, 1.54) is 18.2 Å². The number of fused-ring (bicyclic) bond motifs is 1. The van der Waals surface area contributed by atoms with Crippen LogP contribution in [0.3, 0.4) is 0 Å². The number of rotatable bonds is 6. The lowest BCUT2D eigenvalue weighted by atomic mass is 9.76. The molecule has 1 saturated carbocycles. The molecule has 4 aromatic rings. The van der Waals surface area contributed by atoms with Gasteiger partial charge in [0, 0.05) is 29.4 Å². The zero-order chi connectivity index (χ0) is 23.1. The van der Waals surface area contributed by atoms with Crippen LogP contribution in [-0.4, -0.2) is 21.9 Å². The van der Waals surface area contributed by atoms with Crippen LogP contribution in [0.5, 0.6) is 0 Å². The van der Waals surface area contributed by atoms with Crippen molar-refractivity contribution in [1.29, 1.82) is 0 Å². The molecule has 0 aliphatic heterocycles. The molecule has 2 aromatic heterocycles. The van der Waals surface area contributed by atoms with Crippen LogP contribution < -0.4 is 10.9 Å². The van der Waals surface area contributed by atoms with Gasteiger partial charge >= 0.3 is 0 Å². The van der Waals surface area contributed by atoms with Gasteiger partial charge in [-0.2, -0.15) is 0 Å². The van der Waals surface area contributed by atoms with Crippen molar-refractivity contribution in [1.82, 2.24) is 20.8 Å². The predicted molar refractivity (Wildman–Crippen MR) is 120 cm³/mol. The van der Waals surface area contributed by atoms with E-state index >= 15 is 0 Å². The number of H-pyrrole nitrogens is 2. The van der Waals surface area contributed by atoms with Crippen LogP contribution in [0.1, 0.15) is 34.5 Å². The molecular formula is C25H23F3N4O. The Bertz CT molecular complexity index is 1320. The van der Waals surface area contributed by atoms with E-state index in [4.69, 9.17) is 0 Å². The van der Waals surface area contributed by atoms with Crippen LogP contribution in [-0.2, 0) is 6.42 Å². The number of hydrazine groups is 1. The van der Waals surface area contributed by atoms with Crippen molar-refractivity contribution in [2.45, 2.75) is 32.2 Å². The van der Waals surface area contributed by atoms with Gasteiger partial charge in [0.25, 0.3) is 5.91 Å². The lowest BCUT2D eigenvalue weighted by Crippen LogP contribution is -2.50. The van der Waals surface area contributed by atoms with E-state index in [0.717, 1.165) is 30.0 Å². The van der Waals surface area contributed by atoms with E-state index in [2.05, 4.69) is 20.8 Å². The van der Waals surface area contributed by atoms with E-state index in [1.54, 1.807) is 18.3 Å². The molecule has 1 aliphatic rings. The number of aryl methyl sites for hydroxylation is 1. The average Bonchev–Trinajstić information content (AvgIpc) is 3.34. The Balaban J connectivity index is 1.32. The standard InChI is InChI=1S/C25H23F3N4O/c1-13-6-7-29-22(13)25(33)32-31-18-8-14(9-18)10-19-20-11-17(27)12-21(28)24(20)30-23(19)15-2-4-16(26)5-3-15/h2-7,11-12,14,18,29-31H,8-10H2,1H3,(H,32,33). The molecule has 5 rings (SSSR count). The molecule has 0 radical (unpaired) electrons. The molecule has 8 heteroatoms. The number of amides is 1. The van der Waals surface area contributed by atoms with Gasteiger partial charge in [0.1, 0.15) is 23.1 Å². The molecule has 0 atom stereocenters. The van der Waals surface area contributed by atoms with Crippen molar-refractivity contribution in [3.8, 4) is 11.3 Å². The molecule has 1 fully saturated rings. The molecule has 0 saturated heterocycles. The van der Waals surface area contributed by atoms with E-state index in [1.807, 2.05) is 13.0 Å². The first-order valence-electron chi connectivity index (χ1n) is 10.8. The van der Waals surface area contributed by atoms with Crippen LogP contribution in [0, 0.1) is 30.3 Å². The minimum absolute atomic E-state index is 0.113. The summed E-state index contributed by atoms with van der Waals surface area (Å²) < 4.78 is 41.9. The Morgan fingerprint density at radius 1 is 1.06 bits per heavy atom. The molecule has 2 heterocycles. The fraction of sp³-hybridized carbons (Fsp3) is 0.240. The number of carbonyl (C=O) groups is 1. The maximum absolute atomic E-state index is 14.5. The average molecular weight is 452 g/mol. The number of hydrogen-bond acceptors (Lipinski definition) is 2. The summed E-state index contributed by atoms with van der Waals surface area (Å²) in [5.41, 5.74) is 9.62. The van der Waals surface area contributed by atoms with Gasteiger partial charge in [0.05, 0.1) is 5.52 Å². The largest absolute Gasteiger partial charge is 0.357 e. The first-order chi connectivity index (χ1) is 15.9. The van der Waals surface area contributed by atoms with Gasteiger partial charge in [-0.25, -0.2) is 18.6 Å². The van der Waals surface area contributed by atoms with Crippen molar-refractivity contribution in [3.63, 3.8) is 0 Å². The SMILES string of the molecule is Cc1cc[nH]c1C(=O)NNC1CC(Cc2c(-c3ccc(F)cc3)[nH]c3c(F)cc(F)cc23)C1. The zero-order valence-corrected chi connectivity index (χ0v) is 17.9. The van der Waals surface area contributed by atoms with Gasteiger partial charge in [-0.15, -0.1) is 0 Å². The highest BCUT2D eigenvalue weighted by molar-refractivity contribution is 5.93. The normalized spacial score (nSPS) is 17.8. The van der Waals surface area contributed by atoms with E-state index in [-0.39, 0.29) is 29.2 Å². The number of halogens is 3. The monoisotopic (exact) mass is 452 g/mol. The molecule has 0 bridgehead atoms. The number of carbonyl (C=O) groups excluding carboxylic acids is 1. The smallest absolute Gasteiger partial charge is 0.282 e. The number of aromatic amines is 2. The number of benzene rings is 2. The molecule has 5 nitrogen and oxygen atoms in total. The highest BCUT2D eigenvalue weighted by Gasteiger charge is 2.31. The van der Waals surface area contributed by atoms with Gasteiger partial charge < -0.3 is 9.97 Å². The summed E-state index contributed by atoms with van der Waals surface area (Å²) in [6, 6.07) is 10.1. The summed E-state index contributed by atoms with van der Waals surface area (Å²) in [6.07, 6.45) is 3.93. The molecule has 1 aliphatic carbocycles. The Kier molecular flexibility index (Phi) is 5.46. The quantitative estimate of drug-likeness (QED) is 0.306. The van der Waals surface area contributed by atoms with E-state index < -0.39 is 11.6 Å². The van der Waals surface area contributed by atoms with Crippen LogP contribution in [0.25, 0.3) is 22.2 Å². The molecule has 170 valence electrons. The molecule has 1 amide bonds. The van der Waals surface area contributed by atoms with Gasteiger partial charge in [-0.1, -0.05) is 0 Å². The number of hydrogen-bond donors (Lipinski definition) is 4. The van der Waals surface area contributed by atoms with Crippen LogP contribution in [0.15, 0.2) is 48.7 Å². The Morgan fingerprint density at radius 2 is 1.82 bits per heavy atom. The second-order valence-electron chi connectivity index (χ2n) is 8.67. The summed E-state index contributed by atoms with van der Waals surface area (Å²) in [5, 5.41) is 0.499. The van der Waals surface area contributed by atoms with Gasteiger partial charge in [-0.3, -0.25) is 10.2 Å². The molecule has 0 spiro atoms. The molecule has 2 aromatic carbocycles. The first kappa shape index (κ1) is 21.3. The third-order valence-corrected chi connectivity index (χ3v) is 6.37. The number of aromatic nitrogens is 2. The Hall–Kier alpha value is -3.52.